The number of fused-ring (bicyclic) bond motifs is 3. The van der Waals surface area contributed by atoms with Crippen molar-refractivity contribution in [1.29, 1.82) is 5.26 Å². The van der Waals surface area contributed by atoms with E-state index in [1.165, 1.54) is 36.8 Å². The van der Waals surface area contributed by atoms with E-state index in [4.69, 9.17) is 16.7 Å². The fourth-order valence-corrected chi connectivity index (χ4v) is 5.62. The Morgan fingerprint density at radius 1 is 1.14 bits per heavy atom. The van der Waals surface area contributed by atoms with E-state index in [1.807, 2.05) is 24.3 Å². The summed E-state index contributed by atoms with van der Waals surface area (Å²) in [5, 5.41) is 17.0. The first kappa shape index (κ1) is 18.4. The van der Waals surface area contributed by atoms with E-state index < -0.39 is 0 Å². The van der Waals surface area contributed by atoms with Crippen LogP contribution in [0.1, 0.15) is 59.2 Å². The van der Waals surface area contributed by atoms with Gasteiger partial charge in [-0.2, -0.15) is 10.4 Å². The zero-order chi connectivity index (χ0) is 20.0. The molecule has 1 fully saturated rings. The highest BCUT2D eigenvalue weighted by Gasteiger charge is 2.45. The largest absolute Gasteiger partial charge is 0.298 e. The number of rotatable bonds is 3. The van der Waals surface area contributed by atoms with Gasteiger partial charge in [0, 0.05) is 17.0 Å². The van der Waals surface area contributed by atoms with Gasteiger partial charge >= 0.3 is 0 Å². The minimum Gasteiger partial charge on any atom is -0.298 e. The maximum Gasteiger partial charge on any atom is 0.150 e. The van der Waals surface area contributed by atoms with Crippen molar-refractivity contribution < 1.29 is 4.79 Å². The summed E-state index contributed by atoms with van der Waals surface area (Å²) in [5.74, 6) is 1.01. The van der Waals surface area contributed by atoms with Crippen molar-refractivity contribution >= 4 is 29.3 Å². The number of aldehydes is 1. The number of anilines is 1. The molecule has 29 heavy (non-hydrogen) atoms. The monoisotopic (exact) mass is 403 g/mol. The molecule has 4 nitrogen and oxygen atoms in total. The molecule has 5 heteroatoms. The first-order valence-corrected chi connectivity index (χ1v) is 10.7. The fourth-order valence-electron chi connectivity index (χ4n) is 5.40. The van der Waals surface area contributed by atoms with Crippen LogP contribution in [0.5, 0.6) is 0 Å². The molecule has 0 spiro atoms. The SMILES string of the molecule is N#Cc1ccc(N2N=C3c4ccc(C=O)cc4CCC3C2C2CCCC2)cc1Cl. The number of carbonyl (C=O) groups is 1. The van der Waals surface area contributed by atoms with Gasteiger partial charge in [-0.1, -0.05) is 36.6 Å². The Morgan fingerprint density at radius 3 is 2.69 bits per heavy atom. The summed E-state index contributed by atoms with van der Waals surface area (Å²) in [4.78, 5) is 11.2. The number of hydrazone groups is 1. The highest BCUT2D eigenvalue weighted by molar-refractivity contribution is 6.32. The fraction of sp³-hybridized carbons (Fsp3) is 0.375. The third kappa shape index (κ3) is 3.05. The summed E-state index contributed by atoms with van der Waals surface area (Å²) in [5.41, 5.74) is 5.71. The van der Waals surface area contributed by atoms with Crippen molar-refractivity contribution in [2.24, 2.45) is 16.9 Å². The lowest BCUT2D eigenvalue weighted by Crippen LogP contribution is -2.40. The van der Waals surface area contributed by atoms with Crippen LogP contribution in [0.3, 0.4) is 0 Å². The van der Waals surface area contributed by atoms with Gasteiger partial charge in [0.25, 0.3) is 0 Å². The van der Waals surface area contributed by atoms with Crippen LogP contribution >= 0.6 is 11.6 Å². The Kier molecular flexibility index (Phi) is 4.64. The average Bonchev–Trinajstić information content (AvgIpc) is 3.40. The Bertz CT molecular complexity index is 1050. The van der Waals surface area contributed by atoms with Crippen LogP contribution in [0.4, 0.5) is 5.69 Å². The van der Waals surface area contributed by atoms with E-state index in [-0.39, 0.29) is 0 Å². The number of hydrogen-bond donors (Lipinski definition) is 0. The van der Waals surface area contributed by atoms with Crippen molar-refractivity contribution in [3.05, 3.63) is 63.7 Å². The Hall–Kier alpha value is -2.64. The maximum absolute atomic E-state index is 11.2. The van der Waals surface area contributed by atoms with Gasteiger partial charge in [0.15, 0.2) is 0 Å². The van der Waals surface area contributed by atoms with Crippen molar-refractivity contribution in [2.75, 3.05) is 5.01 Å². The van der Waals surface area contributed by atoms with Gasteiger partial charge in [0.05, 0.1) is 28.0 Å². The van der Waals surface area contributed by atoms with Gasteiger partial charge in [-0.15, -0.1) is 0 Å². The summed E-state index contributed by atoms with van der Waals surface area (Å²) in [6.07, 6.45) is 7.98. The molecule has 0 radical (unpaired) electrons. The smallest absolute Gasteiger partial charge is 0.150 e. The van der Waals surface area contributed by atoms with Crippen molar-refractivity contribution in [2.45, 2.75) is 44.6 Å². The first-order chi connectivity index (χ1) is 14.2. The van der Waals surface area contributed by atoms with Crippen LogP contribution in [0.15, 0.2) is 41.5 Å². The molecule has 0 aromatic heterocycles. The third-order valence-electron chi connectivity index (χ3n) is 6.75. The van der Waals surface area contributed by atoms with Gasteiger partial charge in [-0.25, -0.2) is 0 Å². The highest BCUT2D eigenvalue weighted by Crippen LogP contribution is 2.45. The molecular formula is C24H22ClN3O. The van der Waals surface area contributed by atoms with Gasteiger partial charge in [-0.3, -0.25) is 9.80 Å². The van der Waals surface area contributed by atoms with Gasteiger partial charge < -0.3 is 0 Å². The molecule has 0 bridgehead atoms. The van der Waals surface area contributed by atoms with E-state index in [1.54, 1.807) is 6.07 Å². The second kappa shape index (κ2) is 7.31. The third-order valence-corrected chi connectivity index (χ3v) is 7.06. The second-order valence-electron chi connectivity index (χ2n) is 8.32. The normalized spacial score (nSPS) is 23.3. The van der Waals surface area contributed by atoms with Crippen LogP contribution in [-0.4, -0.2) is 18.0 Å². The molecule has 2 aliphatic carbocycles. The molecule has 5 rings (SSSR count). The summed E-state index contributed by atoms with van der Waals surface area (Å²) >= 11 is 6.35. The van der Waals surface area contributed by atoms with Crippen molar-refractivity contribution in [3.8, 4) is 6.07 Å². The predicted molar refractivity (Wildman–Crippen MR) is 115 cm³/mol. The zero-order valence-electron chi connectivity index (χ0n) is 16.1. The van der Waals surface area contributed by atoms with E-state index in [9.17, 15) is 10.1 Å². The van der Waals surface area contributed by atoms with Gasteiger partial charge in [0.2, 0.25) is 0 Å². The number of benzene rings is 2. The van der Waals surface area contributed by atoms with Gasteiger partial charge in [0.1, 0.15) is 12.4 Å². The lowest BCUT2D eigenvalue weighted by atomic mass is 9.75. The number of carbonyl (C=O) groups excluding carboxylic acids is 1. The molecule has 146 valence electrons. The van der Waals surface area contributed by atoms with Crippen molar-refractivity contribution in [1.82, 2.24) is 0 Å². The lowest BCUT2D eigenvalue weighted by Gasteiger charge is -2.34. The predicted octanol–water partition coefficient (Wildman–Crippen LogP) is 5.37. The summed E-state index contributed by atoms with van der Waals surface area (Å²) < 4.78 is 0. The van der Waals surface area contributed by atoms with Crippen LogP contribution in [-0.2, 0) is 6.42 Å². The van der Waals surface area contributed by atoms with Crippen LogP contribution < -0.4 is 5.01 Å². The number of nitrogens with zero attached hydrogens (tertiary/aromatic N) is 3. The topological polar surface area (TPSA) is 56.5 Å². The quantitative estimate of drug-likeness (QED) is 0.647. The zero-order valence-corrected chi connectivity index (χ0v) is 16.9. The van der Waals surface area contributed by atoms with Gasteiger partial charge in [-0.05, 0) is 61.4 Å². The first-order valence-electron chi connectivity index (χ1n) is 10.4. The van der Waals surface area contributed by atoms with Crippen LogP contribution in [0.2, 0.25) is 5.02 Å². The number of nitriles is 1. The van der Waals surface area contributed by atoms with Crippen LogP contribution in [0.25, 0.3) is 0 Å². The molecule has 0 saturated heterocycles. The molecule has 1 aliphatic heterocycles. The minimum atomic E-state index is 0.329. The number of aryl methyl sites for hydroxylation is 1. The highest BCUT2D eigenvalue weighted by atomic mass is 35.5. The van der Waals surface area contributed by atoms with Crippen molar-refractivity contribution in [3.63, 3.8) is 0 Å². The molecule has 0 amide bonds. The molecule has 1 heterocycles. The van der Waals surface area contributed by atoms with E-state index in [0.717, 1.165) is 36.1 Å². The molecule has 2 aromatic carbocycles. The number of hydrogen-bond acceptors (Lipinski definition) is 4. The average molecular weight is 404 g/mol. The molecular weight excluding hydrogens is 382 g/mol. The summed E-state index contributed by atoms with van der Waals surface area (Å²) in [7, 11) is 0. The summed E-state index contributed by atoms with van der Waals surface area (Å²) in [6.45, 7) is 0. The number of halogens is 1. The minimum absolute atomic E-state index is 0.329. The van der Waals surface area contributed by atoms with E-state index >= 15 is 0 Å². The Labute approximate surface area is 175 Å². The van der Waals surface area contributed by atoms with E-state index in [2.05, 4.69) is 17.1 Å². The Morgan fingerprint density at radius 2 is 1.97 bits per heavy atom. The molecule has 1 saturated carbocycles. The Balaban J connectivity index is 1.60. The lowest BCUT2D eigenvalue weighted by molar-refractivity contribution is 0.112. The standard InChI is InChI=1S/C24H22ClN3O/c25-22-12-19(8-6-18(22)13-26)28-24(16-3-1-2-4-16)21-10-7-17-11-15(14-29)5-9-20(17)23(21)27-28/h5-6,8-9,11-12,14,16,21,24H,1-4,7,10H2. The maximum atomic E-state index is 11.2. The summed E-state index contributed by atoms with van der Waals surface area (Å²) in [6, 6.07) is 14.1. The molecule has 2 unspecified atom stereocenters. The van der Waals surface area contributed by atoms with Crippen LogP contribution in [0, 0.1) is 23.2 Å². The molecule has 2 aromatic rings. The second-order valence-corrected chi connectivity index (χ2v) is 8.73. The molecule has 2 atom stereocenters. The van der Waals surface area contributed by atoms with E-state index in [0.29, 0.717) is 28.5 Å². The molecule has 0 N–H and O–H groups in total. The molecule has 3 aliphatic rings.